The molecule has 0 atom stereocenters. The highest BCUT2D eigenvalue weighted by molar-refractivity contribution is 9.10. The third-order valence-corrected chi connectivity index (χ3v) is 4.23. The number of fused-ring (bicyclic) bond motifs is 3. The highest BCUT2D eigenvalue weighted by Gasteiger charge is 2.09. The Balaban J connectivity index is 2.02. The van der Waals surface area contributed by atoms with Crippen LogP contribution in [0.1, 0.15) is 18.9 Å². The SMILES string of the molecule is CC(C)=NOCc1nc2cnc3cc(Br)ccc3c2s1. The summed E-state index contributed by atoms with van der Waals surface area (Å²) in [4.78, 5) is 14.2. The normalized spacial score (nSPS) is 10.9. The minimum atomic E-state index is 0.391. The van der Waals surface area contributed by atoms with Crippen LogP contribution in [0.25, 0.3) is 21.1 Å². The van der Waals surface area contributed by atoms with Gasteiger partial charge in [0.15, 0.2) is 6.61 Å². The zero-order chi connectivity index (χ0) is 14.1. The molecule has 0 aliphatic heterocycles. The van der Waals surface area contributed by atoms with E-state index >= 15 is 0 Å². The molecule has 0 saturated carbocycles. The summed E-state index contributed by atoms with van der Waals surface area (Å²) in [5, 5.41) is 5.95. The van der Waals surface area contributed by atoms with Crippen LogP contribution >= 0.6 is 27.3 Å². The number of pyridine rings is 1. The molecule has 0 aliphatic rings. The highest BCUT2D eigenvalue weighted by Crippen LogP contribution is 2.30. The fourth-order valence-corrected chi connectivity index (χ4v) is 3.20. The maximum absolute atomic E-state index is 5.25. The van der Waals surface area contributed by atoms with E-state index in [0.29, 0.717) is 6.61 Å². The van der Waals surface area contributed by atoms with Crippen molar-refractivity contribution in [3.05, 3.63) is 33.9 Å². The summed E-state index contributed by atoms with van der Waals surface area (Å²) in [5.74, 6) is 0. The van der Waals surface area contributed by atoms with Crippen molar-refractivity contribution in [3.63, 3.8) is 0 Å². The predicted octanol–water partition coefficient (Wildman–Crippen LogP) is 4.52. The van der Waals surface area contributed by atoms with Gasteiger partial charge in [-0.25, -0.2) is 4.98 Å². The number of rotatable bonds is 3. The Morgan fingerprint density at radius 2 is 2.20 bits per heavy atom. The van der Waals surface area contributed by atoms with Crippen molar-refractivity contribution in [2.24, 2.45) is 5.16 Å². The van der Waals surface area contributed by atoms with Crippen molar-refractivity contribution < 1.29 is 4.84 Å². The zero-order valence-corrected chi connectivity index (χ0v) is 13.5. The smallest absolute Gasteiger partial charge is 0.168 e. The Hall–Kier alpha value is -1.53. The number of nitrogens with zero attached hydrogens (tertiary/aromatic N) is 3. The lowest BCUT2D eigenvalue weighted by atomic mass is 10.2. The maximum atomic E-state index is 5.25. The number of thiazole rings is 1. The summed E-state index contributed by atoms with van der Waals surface area (Å²) in [7, 11) is 0. The summed E-state index contributed by atoms with van der Waals surface area (Å²) < 4.78 is 2.16. The van der Waals surface area contributed by atoms with E-state index in [4.69, 9.17) is 4.84 Å². The third kappa shape index (κ3) is 2.66. The molecular weight excluding hydrogens is 338 g/mol. The first-order valence-corrected chi connectivity index (χ1v) is 7.71. The number of aromatic nitrogens is 2. The molecule has 2 aromatic heterocycles. The van der Waals surface area contributed by atoms with E-state index in [-0.39, 0.29) is 0 Å². The fraction of sp³-hybridized carbons (Fsp3) is 0.214. The molecule has 20 heavy (non-hydrogen) atoms. The van der Waals surface area contributed by atoms with Crippen LogP contribution in [-0.4, -0.2) is 15.7 Å². The molecule has 3 aromatic rings. The quantitative estimate of drug-likeness (QED) is 0.515. The van der Waals surface area contributed by atoms with E-state index in [1.807, 2.05) is 26.0 Å². The van der Waals surface area contributed by atoms with E-state index in [1.54, 1.807) is 17.5 Å². The molecule has 0 aliphatic carbocycles. The van der Waals surface area contributed by atoms with Gasteiger partial charge in [0.2, 0.25) is 0 Å². The number of hydrogen-bond donors (Lipinski definition) is 0. The van der Waals surface area contributed by atoms with Gasteiger partial charge in [0, 0.05) is 9.86 Å². The van der Waals surface area contributed by atoms with Crippen LogP contribution in [0.2, 0.25) is 0 Å². The number of halogens is 1. The van der Waals surface area contributed by atoms with Gasteiger partial charge in [0.05, 0.1) is 22.1 Å². The molecule has 0 radical (unpaired) electrons. The fourth-order valence-electron chi connectivity index (χ4n) is 1.87. The number of oxime groups is 1. The van der Waals surface area contributed by atoms with Crippen molar-refractivity contribution in [1.82, 2.24) is 9.97 Å². The van der Waals surface area contributed by atoms with Crippen LogP contribution in [0.15, 0.2) is 34.0 Å². The minimum absolute atomic E-state index is 0.391. The van der Waals surface area contributed by atoms with Crippen molar-refractivity contribution in [2.45, 2.75) is 20.5 Å². The van der Waals surface area contributed by atoms with Gasteiger partial charge >= 0.3 is 0 Å². The molecule has 1 aromatic carbocycles. The van der Waals surface area contributed by atoms with E-state index in [0.717, 1.165) is 36.3 Å². The molecule has 2 heterocycles. The molecule has 0 amide bonds. The van der Waals surface area contributed by atoms with Gasteiger partial charge < -0.3 is 4.84 Å². The van der Waals surface area contributed by atoms with Gasteiger partial charge in [-0.1, -0.05) is 27.2 Å². The molecule has 0 N–H and O–H groups in total. The average Bonchev–Trinajstić information content (AvgIpc) is 2.81. The molecule has 0 saturated heterocycles. The first-order chi connectivity index (χ1) is 9.63. The van der Waals surface area contributed by atoms with E-state index < -0.39 is 0 Å². The van der Waals surface area contributed by atoms with Gasteiger partial charge in [-0.05, 0) is 26.0 Å². The molecular formula is C14H12BrN3OS. The van der Waals surface area contributed by atoms with Crippen LogP contribution in [0.3, 0.4) is 0 Å². The third-order valence-electron chi connectivity index (χ3n) is 2.66. The van der Waals surface area contributed by atoms with E-state index in [1.165, 1.54) is 0 Å². The van der Waals surface area contributed by atoms with E-state index in [2.05, 4.69) is 37.1 Å². The van der Waals surface area contributed by atoms with Crippen LogP contribution < -0.4 is 0 Å². The summed E-state index contributed by atoms with van der Waals surface area (Å²) in [6.07, 6.45) is 1.80. The second-order valence-electron chi connectivity index (χ2n) is 4.55. The largest absolute Gasteiger partial charge is 0.388 e. The second kappa shape index (κ2) is 5.46. The Labute approximate surface area is 128 Å². The van der Waals surface area contributed by atoms with Crippen LogP contribution in [-0.2, 0) is 11.4 Å². The molecule has 0 unspecified atom stereocenters. The minimum Gasteiger partial charge on any atom is -0.388 e. The maximum Gasteiger partial charge on any atom is 0.168 e. The standard InChI is InChI=1S/C14H12BrN3OS/c1-8(2)18-19-7-13-17-12-6-16-11-5-9(15)3-4-10(11)14(12)20-13/h3-6H,7H2,1-2H3. The lowest BCUT2D eigenvalue weighted by Gasteiger charge is -1.97. The average molecular weight is 350 g/mol. The Bertz CT molecular complexity index is 809. The van der Waals surface area contributed by atoms with Crippen LogP contribution in [0.5, 0.6) is 0 Å². The predicted molar refractivity (Wildman–Crippen MR) is 86.2 cm³/mol. The molecule has 102 valence electrons. The first-order valence-electron chi connectivity index (χ1n) is 6.10. The Kier molecular flexibility index (Phi) is 3.67. The second-order valence-corrected chi connectivity index (χ2v) is 6.55. The van der Waals surface area contributed by atoms with Gasteiger partial charge in [-0.2, -0.15) is 0 Å². The van der Waals surface area contributed by atoms with E-state index in [9.17, 15) is 0 Å². The number of benzene rings is 1. The van der Waals surface area contributed by atoms with Gasteiger partial charge in [-0.15, -0.1) is 11.3 Å². The van der Waals surface area contributed by atoms with Gasteiger partial charge in [0.25, 0.3) is 0 Å². The molecule has 6 heteroatoms. The molecule has 0 spiro atoms. The molecule has 4 nitrogen and oxygen atoms in total. The zero-order valence-electron chi connectivity index (χ0n) is 11.1. The molecule has 0 fully saturated rings. The monoisotopic (exact) mass is 349 g/mol. The van der Waals surface area contributed by atoms with Crippen molar-refractivity contribution >= 4 is 54.1 Å². The van der Waals surface area contributed by atoms with Crippen LogP contribution in [0.4, 0.5) is 0 Å². The highest BCUT2D eigenvalue weighted by atomic mass is 79.9. The summed E-state index contributed by atoms with van der Waals surface area (Å²) in [5.41, 5.74) is 2.76. The van der Waals surface area contributed by atoms with Crippen molar-refractivity contribution in [2.75, 3.05) is 0 Å². The Morgan fingerprint density at radius 1 is 1.35 bits per heavy atom. The summed E-state index contributed by atoms with van der Waals surface area (Å²) >= 11 is 5.09. The van der Waals surface area contributed by atoms with Gasteiger partial charge in [-0.3, -0.25) is 4.98 Å². The lowest BCUT2D eigenvalue weighted by Crippen LogP contribution is -1.88. The molecule has 3 rings (SSSR count). The number of hydrogen-bond acceptors (Lipinski definition) is 5. The summed E-state index contributed by atoms with van der Waals surface area (Å²) in [6.45, 7) is 4.18. The molecule has 0 bridgehead atoms. The summed E-state index contributed by atoms with van der Waals surface area (Å²) in [6, 6.07) is 6.09. The van der Waals surface area contributed by atoms with Crippen LogP contribution in [0, 0.1) is 0 Å². The lowest BCUT2D eigenvalue weighted by molar-refractivity contribution is 0.130. The van der Waals surface area contributed by atoms with Gasteiger partial charge in [0.1, 0.15) is 10.5 Å². The first kappa shape index (κ1) is 13.5. The van der Waals surface area contributed by atoms with Crippen molar-refractivity contribution in [1.29, 1.82) is 0 Å². The van der Waals surface area contributed by atoms with Crippen molar-refractivity contribution in [3.8, 4) is 0 Å². The Morgan fingerprint density at radius 3 is 3.00 bits per heavy atom. The topological polar surface area (TPSA) is 47.4 Å².